The van der Waals surface area contributed by atoms with E-state index in [4.69, 9.17) is 16.3 Å². The number of nitrogens with one attached hydrogen (secondary N) is 2. The molecule has 2 N–H and O–H groups in total. The molecule has 154 valence electrons. The third-order valence-corrected chi connectivity index (χ3v) is 7.55. The van der Waals surface area contributed by atoms with Crippen LogP contribution in [0.4, 0.5) is 5.69 Å². The van der Waals surface area contributed by atoms with Gasteiger partial charge in [-0.1, -0.05) is 11.6 Å². The number of methoxy groups -OCH3 is 1. The van der Waals surface area contributed by atoms with Crippen LogP contribution in [0.15, 0.2) is 30.0 Å². The van der Waals surface area contributed by atoms with Crippen LogP contribution in [-0.2, 0) is 4.79 Å². The van der Waals surface area contributed by atoms with Crippen molar-refractivity contribution in [3.63, 3.8) is 0 Å². The second kappa shape index (κ2) is 7.91. The lowest BCUT2D eigenvalue weighted by Crippen LogP contribution is -2.56. The highest BCUT2D eigenvalue weighted by atomic mass is 35.5. The monoisotopic (exact) mass is 413 g/mol. The molecule has 6 heteroatoms. The molecular weight excluding hydrogens is 386 g/mol. The highest BCUT2D eigenvalue weighted by molar-refractivity contribution is 6.32. The average molecular weight is 414 g/mol. The molecule has 1 unspecified atom stereocenters. The van der Waals surface area contributed by atoms with E-state index in [0.717, 1.165) is 17.8 Å². The standard InChI is InChI=1S/C23H28ClN3O2/c1-14(23-9-15-5-16(10-23)7-17(6-15)11-23)27-22(28)18(12-25)13-26-19-3-4-21(29-2)20(24)8-19/h3-4,8,13-17,26H,5-7,9-11H2,1-2H3,(H,27,28)/b18-13-. The number of carbonyl (C=O) groups excluding carboxylic acids is 1. The highest BCUT2D eigenvalue weighted by Crippen LogP contribution is 2.61. The lowest BCUT2D eigenvalue weighted by atomic mass is 9.48. The number of nitriles is 1. The van der Waals surface area contributed by atoms with Crippen LogP contribution in [0.1, 0.15) is 45.4 Å². The Hall–Kier alpha value is -2.19. The first-order valence-electron chi connectivity index (χ1n) is 10.4. The lowest BCUT2D eigenvalue weighted by Gasteiger charge is -2.59. The summed E-state index contributed by atoms with van der Waals surface area (Å²) in [6, 6.07) is 7.31. The molecule has 4 aliphatic rings. The summed E-state index contributed by atoms with van der Waals surface area (Å²) >= 11 is 6.13. The Bertz CT molecular complexity index is 838. The van der Waals surface area contributed by atoms with E-state index in [9.17, 15) is 10.1 Å². The Morgan fingerprint density at radius 2 is 1.90 bits per heavy atom. The molecule has 0 aliphatic heterocycles. The summed E-state index contributed by atoms with van der Waals surface area (Å²) in [6.45, 7) is 2.12. The van der Waals surface area contributed by atoms with Crippen molar-refractivity contribution in [2.45, 2.75) is 51.5 Å². The van der Waals surface area contributed by atoms with Crippen molar-refractivity contribution in [2.75, 3.05) is 12.4 Å². The van der Waals surface area contributed by atoms with E-state index in [-0.39, 0.29) is 22.9 Å². The summed E-state index contributed by atoms with van der Waals surface area (Å²) in [5.74, 6) is 2.74. The Labute approximate surface area is 177 Å². The Balaban J connectivity index is 1.42. The number of benzene rings is 1. The van der Waals surface area contributed by atoms with Gasteiger partial charge in [-0.05, 0) is 86.8 Å². The van der Waals surface area contributed by atoms with Crippen LogP contribution in [-0.4, -0.2) is 19.1 Å². The van der Waals surface area contributed by atoms with E-state index in [1.165, 1.54) is 44.7 Å². The molecule has 4 bridgehead atoms. The van der Waals surface area contributed by atoms with Crippen LogP contribution in [0.2, 0.25) is 5.02 Å². The largest absolute Gasteiger partial charge is 0.495 e. The molecule has 0 heterocycles. The minimum absolute atomic E-state index is 0.0634. The maximum atomic E-state index is 12.8. The molecule has 29 heavy (non-hydrogen) atoms. The van der Waals surface area contributed by atoms with Crippen LogP contribution in [0.25, 0.3) is 0 Å². The van der Waals surface area contributed by atoms with Crippen molar-refractivity contribution in [2.24, 2.45) is 23.2 Å². The van der Waals surface area contributed by atoms with Crippen LogP contribution in [0.3, 0.4) is 0 Å². The second-order valence-electron chi connectivity index (χ2n) is 9.14. The zero-order valence-electron chi connectivity index (χ0n) is 17.0. The minimum Gasteiger partial charge on any atom is -0.495 e. The van der Waals surface area contributed by atoms with Crippen molar-refractivity contribution >= 4 is 23.2 Å². The van der Waals surface area contributed by atoms with E-state index < -0.39 is 0 Å². The molecule has 0 saturated heterocycles. The second-order valence-corrected chi connectivity index (χ2v) is 9.55. The smallest absolute Gasteiger partial charge is 0.263 e. The first-order valence-corrected chi connectivity index (χ1v) is 10.8. The highest BCUT2D eigenvalue weighted by Gasteiger charge is 2.53. The molecule has 4 fully saturated rings. The predicted octanol–water partition coefficient (Wildman–Crippen LogP) is 4.89. The van der Waals surface area contributed by atoms with Crippen LogP contribution in [0, 0.1) is 34.5 Å². The van der Waals surface area contributed by atoms with Gasteiger partial charge in [0, 0.05) is 17.9 Å². The molecule has 5 nitrogen and oxygen atoms in total. The van der Waals surface area contributed by atoms with Crippen LogP contribution in [0.5, 0.6) is 5.75 Å². The van der Waals surface area contributed by atoms with Gasteiger partial charge in [0.2, 0.25) is 0 Å². The normalized spacial score (nSPS) is 31.1. The first kappa shape index (κ1) is 20.1. The molecule has 0 radical (unpaired) electrons. The van der Waals surface area contributed by atoms with Gasteiger partial charge in [-0.3, -0.25) is 4.79 Å². The van der Waals surface area contributed by atoms with Crippen molar-refractivity contribution in [3.05, 3.63) is 35.0 Å². The zero-order chi connectivity index (χ0) is 20.6. The lowest BCUT2D eigenvalue weighted by molar-refractivity contribution is -0.122. The number of rotatable bonds is 6. The molecule has 1 atom stereocenters. The molecule has 1 aromatic carbocycles. The molecule has 4 aliphatic carbocycles. The van der Waals surface area contributed by atoms with Gasteiger partial charge >= 0.3 is 0 Å². The van der Waals surface area contributed by atoms with Gasteiger partial charge < -0.3 is 15.4 Å². The van der Waals surface area contributed by atoms with Gasteiger partial charge in [0.05, 0.1) is 12.1 Å². The number of hydrogen-bond acceptors (Lipinski definition) is 4. The zero-order valence-corrected chi connectivity index (χ0v) is 17.8. The molecule has 0 aromatic heterocycles. The number of hydrogen-bond donors (Lipinski definition) is 2. The fourth-order valence-corrected chi connectivity index (χ4v) is 6.45. The average Bonchev–Trinajstić information content (AvgIpc) is 2.67. The van der Waals surface area contributed by atoms with E-state index in [1.807, 2.05) is 6.07 Å². The molecular formula is C23H28ClN3O2. The number of carbonyl (C=O) groups is 1. The van der Waals surface area contributed by atoms with Gasteiger partial charge in [0.25, 0.3) is 5.91 Å². The van der Waals surface area contributed by atoms with E-state index in [2.05, 4.69) is 17.6 Å². The fourth-order valence-electron chi connectivity index (χ4n) is 6.20. The number of halogens is 1. The van der Waals surface area contributed by atoms with Crippen LogP contribution < -0.4 is 15.4 Å². The van der Waals surface area contributed by atoms with E-state index in [1.54, 1.807) is 25.3 Å². The van der Waals surface area contributed by atoms with Crippen molar-refractivity contribution in [1.29, 1.82) is 5.26 Å². The quantitative estimate of drug-likeness (QED) is 0.514. The number of nitrogens with zero attached hydrogens (tertiary/aromatic N) is 1. The summed E-state index contributed by atoms with van der Waals surface area (Å²) in [5.41, 5.74) is 0.959. The maximum absolute atomic E-state index is 12.8. The van der Waals surface area contributed by atoms with Crippen molar-refractivity contribution in [1.82, 2.24) is 5.32 Å². The topological polar surface area (TPSA) is 74.1 Å². The summed E-state index contributed by atoms with van der Waals surface area (Å²) in [6.07, 6.45) is 9.21. The van der Waals surface area contributed by atoms with Crippen molar-refractivity contribution < 1.29 is 9.53 Å². The van der Waals surface area contributed by atoms with E-state index in [0.29, 0.717) is 16.5 Å². The van der Waals surface area contributed by atoms with Gasteiger partial charge in [0.1, 0.15) is 17.4 Å². The maximum Gasteiger partial charge on any atom is 0.263 e. The van der Waals surface area contributed by atoms with Gasteiger partial charge in [0.15, 0.2) is 0 Å². The minimum atomic E-state index is -0.317. The summed E-state index contributed by atoms with van der Waals surface area (Å²) < 4.78 is 5.14. The summed E-state index contributed by atoms with van der Waals surface area (Å²) in [7, 11) is 1.55. The number of ether oxygens (including phenoxy) is 1. The van der Waals surface area contributed by atoms with Gasteiger partial charge in [-0.2, -0.15) is 5.26 Å². The van der Waals surface area contributed by atoms with Crippen LogP contribution >= 0.6 is 11.6 Å². The molecule has 5 rings (SSSR count). The third kappa shape index (κ3) is 3.96. The molecule has 0 spiro atoms. The first-order chi connectivity index (χ1) is 13.9. The SMILES string of the molecule is COc1ccc(N/C=C(/C#N)C(=O)NC(C)C23CC4CC(CC(C4)C2)C3)cc1Cl. The Morgan fingerprint density at radius 1 is 1.28 bits per heavy atom. The van der Waals surface area contributed by atoms with Crippen molar-refractivity contribution in [3.8, 4) is 11.8 Å². The molecule has 1 amide bonds. The third-order valence-electron chi connectivity index (χ3n) is 7.25. The van der Waals surface area contributed by atoms with Gasteiger partial charge in [-0.15, -0.1) is 0 Å². The van der Waals surface area contributed by atoms with E-state index >= 15 is 0 Å². The van der Waals surface area contributed by atoms with Gasteiger partial charge in [-0.25, -0.2) is 0 Å². The fraction of sp³-hybridized carbons (Fsp3) is 0.565. The molecule has 4 saturated carbocycles. The Kier molecular flexibility index (Phi) is 5.48. The number of amides is 1. The summed E-state index contributed by atoms with van der Waals surface area (Å²) in [5, 5.41) is 16.1. The summed E-state index contributed by atoms with van der Waals surface area (Å²) in [4.78, 5) is 12.8. The Morgan fingerprint density at radius 3 is 2.41 bits per heavy atom. The molecule has 1 aromatic rings. The number of anilines is 1. The predicted molar refractivity (Wildman–Crippen MR) is 114 cm³/mol.